The SMILES string of the molecule is OC(c1ccc(Cl)s1)c1cccc2cccnc12. The molecule has 0 aliphatic rings. The standard InChI is InChI=1S/C14H10ClNOS/c15-12-7-6-11(18-12)14(17)10-5-1-3-9-4-2-8-16-13(9)10/h1-8,14,17H. The van der Waals surface area contributed by atoms with Crippen LogP contribution in [0, 0.1) is 0 Å². The minimum absolute atomic E-state index is 0.678. The highest BCUT2D eigenvalue weighted by atomic mass is 35.5. The number of pyridine rings is 1. The van der Waals surface area contributed by atoms with E-state index in [9.17, 15) is 5.11 Å². The Kier molecular flexibility index (Phi) is 3.04. The molecule has 0 radical (unpaired) electrons. The van der Waals surface area contributed by atoms with E-state index in [0.29, 0.717) is 4.34 Å². The topological polar surface area (TPSA) is 33.1 Å². The first kappa shape index (κ1) is 11.7. The molecule has 0 aliphatic carbocycles. The molecule has 90 valence electrons. The second kappa shape index (κ2) is 4.69. The number of thiophene rings is 1. The van der Waals surface area contributed by atoms with E-state index < -0.39 is 6.10 Å². The van der Waals surface area contributed by atoms with Gasteiger partial charge in [-0.15, -0.1) is 11.3 Å². The van der Waals surface area contributed by atoms with E-state index >= 15 is 0 Å². The van der Waals surface area contributed by atoms with Gasteiger partial charge in [-0.2, -0.15) is 0 Å². The monoisotopic (exact) mass is 275 g/mol. The van der Waals surface area contributed by atoms with Crippen LogP contribution in [-0.2, 0) is 0 Å². The third-order valence-electron chi connectivity index (χ3n) is 2.82. The first-order valence-electron chi connectivity index (χ1n) is 5.52. The van der Waals surface area contributed by atoms with E-state index in [-0.39, 0.29) is 0 Å². The molecule has 0 aliphatic heterocycles. The van der Waals surface area contributed by atoms with Crippen LogP contribution in [-0.4, -0.2) is 10.1 Å². The molecule has 0 fully saturated rings. The molecule has 3 rings (SSSR count). The summed E-state index contributed by atoms with van der Waals surface area (Å²) in [7, 11) is 0. The van der Waals surface area contributed by atoms with Crippen molar-refractivity contribution < 1.29 is 5.11 Å². The minimum atomic E-state index is -0.680. The van der Waals surface area contributed by atoms with Crippen molar-refractivity contribution in [2.24, 2.45) is 0 Å². The van der Waals surface area contributed by atoms with E-state index in [1.807, 2.05) is 36.4 Å². The molecule has 2 aromatic heterocycles. The number of aliphatic hydroxyl groups is 1. The molecule has 2 heterocycles. The fourth-order valence-electron chi connectivity index (χ4n) is 1.98. The normalized spacial score (nSPS) is 12.8. The van der Waals surface area contributed by atoms with Crippen molar-refractivity contribution in [2.75, 3.05) is 0 Å². The van der Waals surface area contributed by atoms with Gasteiger partial charge < -0.3 is 5.11 Å². The van der Waals surface area contributed by atoms with Gasteiger partial charge >= 0.3 is 0 Å². The van der Waals surface area contributed by atoms with E-state index in [1.54, 1.807) is 12.3 Å². The van der Waals surface area contributed by atoms with Gasteiger partial charge in [-0.1, -0.05) is 35.9 Å². The number of fused-ring (bicyclic) bond motifs is 1. The zero-order chi connectivity index (χ0) is 12.5. The van der Waals surface area contributed by atoms with Crippen LogP contribution in [0.3, 0.4) is 0 Å². The third kappa shape index (κ3) is 2.01. The number of benzene rings is 1. The second-order valence-corrected chi connectivity index (χ2v) is 5.71. The summed E-state index contributed by atoms with van der Waals surface area (Å²) in [5.41, 5.74) is 1.64. The first-order valence-corrected chi connectivity index (χ1v) is 6.72. The van der Waals surface area contributed by atoms with Crippen molar-refractivity contribution in [3.63, 3.8) is 0 Å². The van der Waals surface area contributed by atoms with Crippen molar-refractivity contribution in [2.45, 2.75) is 6.10 Å². The number of hydrogen-bond donors (Lipinski definition) is 1. The van der Waals surface area contributed by atoms with Gasteiger partial charge in [0.1, 0.15) is 6.10 Å². The minimum Gasteiger partial charge on any atom is -0.383 e. The Bertz CT molecular complexity index is 690. The Balaban J connectivity index is 2.14. The maximum atomic E-state index is 10.4. The Morgan fingerprint density at radius 3 is 2.72 bits per heavy atom. The lowest BCUT2D eigenvalue weighted by molar-refractivity contribution is 0.225. The predicted molar refractivity (Wildman–Crippen MR) is 75.1 cm³/mol. The lowest BCUT2D eigenvalue weighted by atomic mass is 10.0. The Morgan fingerprint density at radius 1 is 1.11 bits per heavy atom. The van der Waals surface area contributed by atoms with Crippen LogP contribution >= 0.6 is 22.9 Å². The maximum absolute atomic E-state index is 10.4. The molecular formula is C14H10ClNOS. The molecule has 0 amide bonds. The molecule has 0 saturated carbocycles. The highest BCUT2D eigenvalue weighted by Gasteiger charge is 2.15. The summed E-state index contributed by atoms with van der Waals surface area (Å²) >= 11 is 7.29. The lowest BCUT2D eigenvalue weighted by Crippen LogP contribution is -1.99. The molecule has 1 aromatic carbocycles. The molecule has 0 spiro atoms. The number of hydrogen-bond acceptors (Lipinski definition) is 3. The summed E-state index contributed by atoms with van der Waals surface area (Å²) in [6.45, 7) is 0. The van der Waals surface area contributed by atoms with Gasteiger partial charge in [0.15, 0.2) is 0 Å². The van der Waals surface area contributed by atoms with Crippen LogP contribution in [0.4, 0.5) is 0 Å². The fourth-order valence-corrected chi connectivity index (χ4v) is 3.04. The first-order chi connectivity index (χ1) is 8.75. The molecule has 1 N–H and O–H groups in total. The van der Waals surface area contributed by atoms with Crippen molar-refractivity contribution in [3.05, 3.63) is 63.4 Å². The molecule has 4 heteroatoms. The lowest BCUT2D eigenvalue weighted by Gasteiger charge is -2.11. The zero-order valence-electron chi connectivity index (χ0n) is 9.38. The molecule has 0 bridgehead atoms. The predicted octanol–water partition coefficient (Wildman–Crippen LogP) is 4.03. The van der Waals surface area contributed by atoms with Crippen molar-refractivity contribution in [3.8, 4) is 0 Å². The summed E-state index contributed by atoms with van der Waals surface area (Å²) in [5.74, 6) is 0. The zero-order valence-corrected chi connectivity index (χ0v) is 10.9. The molecule has 18 heavy (non-hydrogen) atoms. The Labute approximate surface area is 113 Å². The summed E-state index contributed by atoms with van der Waals surface area (Å²) in [6, 6.07) is 13.3. The summed E-state index contributed by atoms with van der Waals surface area (Å²) < 4.78 is 0.678. The van der Waals surface area contributed by atoms with Gasteiger partial charge in [0, 0.05) is 22.0 Å². The van der Waals surface area contributed by atoms with Gasteiger partial charge in [-0.25, -0.2) is 0 Å². The van der Waals surface area contributed by atoms with Crippen LogP contribution in [0.2, 0.25) is 4.34 Å². The van der Waals surface area contributed by atoms with Crippen LogP contribution in [0.15, 0.2) is 48.7 Å². The molecule has 2 nitrogen and oxygen atoms in total. The molecule has 0 saturated heterocycles. The number of para-hydroxylation sites is 1. The van der Waals surface area contributed by atoms with Gasteiger partial charge in [0.25, 0.3) is 0 Å². The van der Waals surface area contributed by atoms with Crippen molar-refractivity contribution >= 4 is 33.8 Å². The summed E-state index contributed by atoms with van der Waals surface area (Å²) in [6.07, 6.45) is 1.06. The number of nitrogens with zero attached hydrogens (tertiary/aromatic N) is 1. The molecule has 1 atom stereocenters. The van der Waals surface area contributed by atoms with Gasteiger partial charge in [0.05, 0.1) is 9.85 Å². The van der Waals surface area contributed by atoms with Crippen LogP contribution in [0.25, 0.3) is 10.9 Å². The average Bonchev–Trinajstić information content (AvgIpc) is 2.84. The van der Waals surface area contributed by atoms with Gasteiger partial charge in [-0.05, 0) is 18.2 Å². The molecule has 3 aromatic rings. The Hall–Kier alpha value is -1.42. The molecule has 1 unspecified atom stereocenters. The number of aliphatic hydroxyl groups excluding tert-OH is 1. The number of rotatable bonds is 2. The largest absolute Gasteiger partial charge is 0.383 e. The highest BCUT2D eigenvalue weighted by Crippen LogP contribution is 2.33. The van der Waals surface area contributed by atoms with E-state index in [1.165, 1.54) is 11.3 Å². The van der Waals surface area contributed by atoms with Crippen molar-refractivity contribution in [1.29, 1.82) is 0 Å². The van der Waals surface area contributed by atoms with E-state index in [4.69, 9.17) is 11.6 Å². The van der Waals surface area contributed by atoms with Crippen LogP contribution in [0.5, 0.6) is 0 Å². The Morgan fingerprint density at radius 2 is 1.94 bits per heavy atom. The van der Waals surface area contributed by atoms with Gasteiger partial charge in [0.2, 0.25) is 0 Å². The summed E-state index contributed by atoms with van der Waals surface area (Å²) in [5, 5.41) is 11.4. The fraction of sp³-hybridized carbons (Fsp3) is 0.0714. The van der Waals surface area contributed by atoms with E-state index in [0.717, 1.165) is 21.3 Å². The third-order valence-corrected chi connectivity index (χ3v) is 4.11. The quantitative estimate of drug-likeness (QED) is 0.766. The van der Waals surface area contributed by atoms with E-state index in [2.05, 4.69) is 4.98 Å². The maximum Gasteiger partial charge on any atom is 0.115 e. The van der Waals surface area contributed by atoms with Crippen LogP contribution < -0.4 is 0 Å². The highest BCUT2D eigenvalue weighted by molar-refractivity contribution is 7.16. The second-order valence-electron chi connectivity index (χ2n) is 3.97. The van der Waals surface area contributed by atoms with Crippen molar-refractivity contribution in [1.82, 2.24) is 4.98 Å². The number of halogens is 1. The number of aromatic nitrogens is 1. The smallest absolute Gasteiger partial charge is 0.115 e. The van der Waals surface area contributed by atoms with Crippen LogP contribution in [0.1, 0.15) is 16.5 Å². The average molecular weight is 276 g/mol. The summed E-state index contributed by atoms with van der Waals surface area (Å²) in [4.78, 5) is 5.18. The molecular weight excluding hydrogens is 266 g/mol. The van der Waals surface area contributed by atoms with Gasteiger partial charge in [-0.3, -0.25) is 4.98 Å².